The predicted molar refractivity (Wildman–Crippen MR) is 62.4 cm³/mol. The summed E-state index contributed by atoms with van der Waals surface area (Å²) in [6.45, 7) is 3.13. The number of nitrogens with zero attached hydrogens (tertiary/aromatic N) is 1. The largest absolute Gasteiger partial charge is 0.381 e. The fourth-order valence-corrected chi connectivity index (χ4v) is 2.35. The molecule has 0 bridgehead atoms. The number of hydrogen-bond acceptors (Lipinski definition) is 3. The Morgan fingerprint density at radius 2 is 1.82 bits per heavy atom. The molecule has 2 aliphatic rings. The lowest BCUT2D eigenvalue weighted by Crippen LogP contribution is -2.41. The molecule has 2 rings (SSSR count). The van der Waals surface area contributed by atoms with Crippen LogP contribution in [-0.2, 0) is 14.3 Å². The number of carbonyl (C=O) groups is 2. The molecule has 0 aromatic carbocycles. The van der Waals surface area contributed by atoms with E-state index in [1.807, 2.05) is 4.90 Å². The lowest BCUT2D eigenvalue weighted by Gasteiger charge is -2.22. The molecular formula is C12H20N2O3. The first-order chi connectivity index (χ1) is 8.27. The van der Waals surface area contributed by atoms with E-state index in [0.717, 1.165) is 38.8 Å². The summed E-state index contributed by atoms with van der Waals surface area (Å²) < 4.78 is 5.20. The molecular weight excluding hydrogens is 220 g/mol. The number of carbonyl (C=O) groups excluding carboxylic acids is 2. The van der Waals surface area contributed by atoms with Crippen molar-refractivity contribution in [3.05, 3.63) is 0 Å². The lowest BCUT2D eigenvalue weighted by molar-refractivity contribution is -0.134. The lowest BCUT2D eigenvalue weighted by atomic mass is 9.99. The van der Waals surface area contributed by atoms with Crippen molar-refractivity contribution in [1.82, 2.24) is 10.2 Å². The molecule has 0 aromatic heterocycles. The van der Waals surface area contributed by atoms with Crippen LogP contribution in [0.2, 0.25) is 0 Å². The summed E-state index contributed by atoms with van der Waals surface area (Å²) >= 11 is 0. The molecule has 0 saturated carbocycles. The molecule has 1 N–H and O–H groups in total. The third kappa shape index (κ3) is 3.43. The number of nitrogens with one attached hydrogen (secondary N) is 1. The maximum Gasteiger partial charge on any atom is 0.241 e. The van der Waals surface area contributed by atoms with Crippen molar-refractivity contribution in [3.63, 3.8) is 0 Å². The van der Waals surface area contributed by atoms with E-state index in [-0.39, 0.29) is 24.3 Å². The fraction of sp³-hybridized carbons (Fsp3) is 0.833. The summed E-state index contributed by atoms with van der Waals surface area (Å²) in [6, 6.07) is 0. The summed E-state index contributed by atoms with van der Waals surface area (Å²) in [5.74, 6) is 0.0684. The molecule has 0 unspecified atom stereocenters. The Kier molecular flexibility index (Phi) is 4.36. The van der Waals surface area contributed by atoms with Crippen molar-refractivity contribution in [1.29, 1.82) is 0 Å². The van der Waals surface area contributed by atoms with Gasteiger partial charge < -0.3 is 15.0 Å². The van der Waals surface area contributed by atoms with Crippen LogP contribution in [0.15, 0.2) is 0 Å². The van der Waals surface area contributed by atoms with Gasteiger partial charge in [0.25, 0.3) is 0 Å². The van der Waals surface area contributed by atoms with Gasteiger partial charge in [0.1, 0.15) is 0 Å². The zero-order valence-electron chi connectivity index (χ0n) is 10.1. The molecule has 2 fully saturated rings. The zero-order valence-corrected chi connectivity index (χ0v) is 10.1. The number of rotatable bonds is 3. The molecule has 0 spiro atoms. The minimum atomic E-state index is 0.000784. The molecule has 0 aliphatic carbocycles. The van der Waals surface area contributed by atoms with Gasteiger partial charge in [-0.2, -0.15) is 0 Å². The van der Waals surface area contributed by atoms with Gasteiger partial charge in [0.2, 0.25) is 11.8 Å². The highest BCUT2D eigenvalue weighted by molar-refractivity contribution is 5.86. The van der Waals surface area contributed by atoms with Crippen molar-refractivity contribution < 1.29 is 14.3 Å². The Morgan fingerprint density at radius 3 is 2.47 bits per heavy atom. The fourth-order valence-electron chi connectivity index (χ4n) is 2.35. The van der Waals surface area contributed by atoms with Crippen LogP contribution in [0.1, 0.15) is 25.7 Å². The average molecular weight is 240 g/mol. The van der Waals surface area contributed by atoms with Gasteiger partial charge in [0.05, 0.1) is 6.54 Å². The molecule has 5 heteroatoms. The topological polar surface area (TPSA) is 58.6 Å². The summed E-state index contributed by atoms with van der Waals surface area (Å²) in [4.78, 5) is 25.3. The highest BCUT2D eigenvalue weighted by atomic mass is 16.5. The monoisotopic (exact) mass is 240 g/mol. The van der Waals surface area contributed by atoms with Crippen LogP contribution in [-0.4, -0.2) is 49.6 Å². The molecule has 17 heavy (non-hydrogen) atoms. The Bertz CT molecular complexity index is 281. The van der Waals surface area contributed by atoms with E-state index in [4.69, 9.17) is 4.74 Å². The molecule has 0 atom stereocenters. The first kappa shape index (κ1) is 12.4. The first-order valence-electron chi connectivity index (χ1n) is 6.40. The summed E-state index contributed by atoms with van der Waals surface area (Å²) in [7, 11) is 0. The molecule has 2 saturated heterocycles. The highest BCUT2D eigenvalue weighted by Gasteiger charge is 2.23. The smallest absolute Gasteiger partial charge is 0.241 e. The van der Waals surface area contributed by atoms with Gasteiger partial charge in [-0.05, 0) is 25.7 Å². The summed E-state index contributed by atoms with van der Waals surface area (Å²) in [6.07, 6.45) is 3.70. The normalized spacial score (nSPS) is 21.5. The van der Waals surface area contributed by atoms with Crippen molar-refractivity contribution in [2.75, 3.05) is 32.8 Å². The van der Waals surface area contributed by atoms with E-state index in [1.54, 1.807) is 0 Å². The van der Waals surface area contributed by atoms with E-state index < -0.39 is 0 Å². The van der Waals surface area contributed by atoms with Gasteiger partial charge in [-0.1, -0.05) is 0 Å². The minimum Gasteiger partial charge on any atom is -0.381 e. The third-order valence-corrected chi connectivity index (χ3v) is 3.46. The predicted octanol–water partition coefficient (Wildman–Crippen LogP) is 0.152. The van der Waals surface area contributed by atoms with Crippen LogP contribution in [0.5, 0.6) is 0 Å². The molecule has 0 radical (unpaired) electrons. The highest BCUT2D eigenvalue weighted by Crippen LogP contribution is 2.14. The number of amides is 2. The molecule has 2 amide bonds. The van der Waals surface area contributed by atoms with Crippen molar-refractivity contribution in [2.45, 2.75) is 25.7 Å². The minimum absolute atomic E-state index is 0.000784. The van der Waals surface area contributed by atoms with Gasteiger partial charge in [0.15, 0.2) is 0 Å². The third-order valence-electron chi connectivity index (χ3n) is 3.46. The maximum absolute atomic E-state index is 11.8. The second-order valence-electron chi connectivity index (χ2n) is 4.69. The van der Waals surface area contributed by atoms with Crippen LogP contribution in [0, 0.1) is 5.92 Å². The Morgan fingerprint density at radius 1 is 1.18 bits per heavy atom. The van der Waals surface area contributed by atoms with E-state index in [0.29, 0.717) is 13.2 Å². The Hall–Kier alpha value is -1.10. The van der Waals surface area contributed by atoms with Crippen LogP contribution in [0.4, 0.5) is 0 Å². The summed E-state index contributed by atoms with van der Waals surface area (Å²) in [5, 5.41) is 2.74. The zero-order chi connectivity index (χ0) is 12.1. The van der Waals surface area contributed by atoms with E-state index in [1.165, 1.54) is 0 Å². The van der Waals surface area contributed by atoms with Crippen molar-refractivity contribution >= 4 is 11.8 Å². The first-order valence-corrected chi connectivity index (χ1v) is 6.40. The number of ether oxygens (including phenoxy) is 1. The van der Waals surface area contributed by atoms with Gasteiger partial charge in [-0.15, -0.1) is 0 Å². The molecule has 5 nitrogen and oxygen atoms in total. The maximum atomic E-state index is 11.8. The standard InChI is InChI=1S/C12H20N2O3/c15-11(14-5-1-2-6-14)9-13-12(16)10-3-7-17-8-4-10/h10H,1-9H2,(H,13,16). The van der Waals surface area contributed by atoms with E-state index in [2.05, 4.69) is 5.32 Å². The summed E-state index contributed by atoms with van der Waals surface area (Å²) in [5.41, 5.74) is 0. The SMILES string of the molecule is O=C(NCC(=O)N1CCCC1)C1CCOCC1. The molecule has 0 aromatic rings. The second-order valence-corrected chi connectivity index (χ2v) is 4.69. The van der Waals surface area contributed by atoms with Crippen molar-refractivity contribution in [3.8, 4) is 0 Å². The molecule has 2 heterocycles. The van der Waals surface area contributed by atoms with Crippen molar-refractivity contribution in [2.24, 2.45) is 5.92 Å². The van der Waals surface area contributed by atoms with Crippen LogP contribution in [0.25, 0.3) is 0 Å². The van der Waals surface area contributed by atoms with Crippen LogP contribution < -0.4 is 5.32 Å². The van der Waals surface area contributed by atoms with Gasteiger partial charge in [-0.25, -0.2) is 0 Å². The average Bonchev–Trinajstić information content (AvgIpc) is 2.90. The molecule has 2 aliphatic heterocycles. The Balaban J connectivity index is 1.69. The van der Waals surface area contributed by atoms with Crippen LogP contribution >= 0.6 is 0 Å². The Labute approximate surface area is 101 Å². The van der Waals surface area contributed by atoms with Crippen LogP contribution in [0.3, 0.4) is 0 Å². The van der Waals surface area contributed by atoms with Gasteiger partial charge in [-0.3, -0.25) is 9.59 Å². The quantitative estimate of drug-likeness (QED) is 0.764. The number of likely N-dealkylation sites (tertiary alicyclic amines) is 1. The van der Waals surface area contributed by atoms with Gasteiger partial charge in [0, 0.05) is 32.2 Å². The van der Waals surface area contributed by atoms with E-state index >= 15 is 0 Å². The second kappa shape index (κ2) is 6.00. The van der Waals surface area contributed by atoms with E-state index in [9.17, 15) is 9.59 Å². The van der Waals surface area contributed by atoms with Gasteiger partial charge >= 0.3 is 0 Å². The molecule has 96 valence electrons. The number of hydrogen-bond donors (Lipinski definition) is 1.